The summed E-state index contributed by atoms with van der Waals surface area (Å²) in [7, 11) is 0. The Hall–Kier alpha value is -1.06. The average molecular weight is 250 g/mol. The maximum Gasteiger partial charge on any atom is 0.313 e. The molecular weight excluding hydrogens is 232 g/mol. The number of benzene rings is 1. The molecule has 17 heavy (non-hydrogen) atoms. The van der Waals surface area contributed by atoms with E-state index in [1.165, 1.54) is 12.1 Å². The van der Waals surface area contributed by atoms with E-state index in [2.05, 4.69) is 0 Å². The molecule has 1 rings (SSSR count). The van der Waals surface area contributed by atoms with Gasteiger partial charge in [0.1, 0.15) is 0 Å². The van der Waals surface area contributed by atoms with E-state index in [0.29, 0.717) is 0 Å². The molecule has 1 aromatic carbocycles. The molecule has 0 spiro atoms. The van der Waals surface area contributed by atoms with Gasteiger partial charge in [0.2, 0.25) is 0 Å². The van der Waals surface area contributed by atoms with Crippen LogP contribution in [-0.2, 0) is 6.42 Å². The van der Waals surface area contributed by atoms with Gasteiger partial charge in [-0.25, -0.2) is 8.78 Å². The highest BCUT2D eigenvalue weighted by atomic mass is 19.3. The molecule has 0 saturated carbocycles. The third-order valence-electron chi connectivity index (χ3n) is 2.15. The van der Waals surface area contributed by atoms with Gasteiger partial charge in [-0.2, -0.15) is 8.78 Å². The highest BCUT2D eigenvalue weighted by Crippen LogP contribution is 2.36. The molecule has 0 aliphatic rings. The lowest BCUT2D eigenvalue weighted by Crippen LogP contribution is -2.39. The van der Waals surface area contributed by atoms with Gasteiger partial charge in [-0.05, 0) is 12.5 Å². The van der Waals surface area contributed by atoms with Gasteiger partial charge in [-0.3, -0.25) is 0 Å². The number of hydrogen-bond acceptors (Lipinski definition) is 0. The highest BCUT2D eigenvalue weighted by molar-refractivity contribution is 5.23. The molecular formula is C13H18F4. The molecule has 0 radical (unpaired) electrons. The number of halogens is 4. The van der Waals surface area contributed by atoms with E-state index in [1.54, 1.807) is 19.1 Å². The molecule has 4 heteroatoms. The summed E-state index contributed by atoms with van der Waals surface area (Å²) in [5.41, 5.74) is 1.00. The largest absolute Gasteiger partial charge is 0.313 e. The van der Waals surface area contributed by atoms with Crippen LogP contribution in [0.15, 0.2) is 24.3 Å². The molecule has 0 bridgehead atoms. The fraction of sp³-hybridized carbons (Fsp3) is 0.538. The van der Waals surface area contributed by atoms with E-state index in [9.17, 15) is 17.6 Å². The molecule has 0 nitrogen and oxygen atoms in total. The molecule has 0 amide bonds. The zero-order valence-corrected chi connectivity index (χ0v) is 10.5. The lowest BCUT2D eigenvalue weighted by atomic mass is 10.0. The molecule has 0 saturated heterocycles. The zero-order valence-electron chi connectivity index (χ0n) is 10.5. The third-order valence-corrected chi connectivity index (χ3v) is 2.15. The van der Waals surface area contributed by atoms with Crippen molar-refractivity contribution in [3.63, 3.8) is 0 Å². The van der Waals surface area contributed by atoms with Gasteiger partial charge in [0.15, 0.2) is 0 Å². The first-order valence-corrected chi connectivity index (χ1v) is 5.53. The fourth-order valence-corrected chi connectivity index (χ4v) is 1.23. The summed E-state index contributed by atoms with van der Waals surface area (Å²) < 4.78 is 51.1. The van der Waals surface area contributed by atoms with Gasteiger partial charge in [0.05, 0.1) is 0 Å². The van der Waals surface area contributed by atoms with Crippen LogP contribution in [0.25, 0.3) is 0 Å². The summed E-state index contributed by atoms with van der Waals surface area (Å²) in [6.45, 7) is 5.97. The van der Waals surface area contributed by atoms with Crippen LogP contribution in [0.2, 0.25) is 0 Å². The zero-order chi connectivity index (χ0) is 13.7. The minimum Gasteiger partial charge on any atom is -0.200 e. The maximum absolute atomic E-state index is 13.0. The first kappa shape index (κ1) is 15.9. The molecule has 0 aliphatic heterocycles. The molecule has 0 aliphatic carbocycles. The molecule has 0 heterocycles. The van der Waals surface area contributed by atoms with Gasteiger partial charge in [-0.15, -0.1) is 0 Å². The van der Waals surface area contributed by atoms with Crippen molar-refractivity contribution >= 4 is 0 Å². The van der Waals surface area contributed by atoms with Crippen LogP contribution >= 0.6 is 0 Å². The predicted octanol–water partition coefficient (Wildman–Crippen LogP) is 4.85. The van der Waals surface area contributed by atoms with Crippen LogP contribution in [0.5, 0.6) is 0 Å². The van der Waals surface area contributed by atoms with Crippen molar-refractivity contribution in [2.75, 3.05) is 0 Å². The normalized spacial score (nSPS) is 11.8. The standard InChI is InChI=1S/C11H12F4.C2H6/c1-8-4-3-5-9(6-8)7-11(14,15)10(2,12)13;1-2/h3-6H,7H2,1-2H3;1-2H3. The minimum atomic E-state index is -4.00. The topological polar surface area (TPSA) is 0 Å². The Kier molecular flexibility index (Phi) is 5.66. The van der Waals surface area contributed by atoms with Crippen molar-refractivity contribution in [3.8, 4) is 0 Å². The van der Waals surface area contributed by atoms with E-state index >= 15 is 0 Å². The quantitative estimate of drug-likeness (QED) is 0.672. The SMILES string of the molecule is CC.Cc1cccc(CC(F)(F)C(C)(F)F)c1. The van der Waals surface area contributed by atoms with E-state index in [-0.39, 0.29) is 12.5 Å². The molecule has 1 aromatic rings. The molecule has 0 fully saturated rings. The van der Waals surface area contributed by atoms with Crippen LogP contribution in [0.1, 0.15) is 31.9 Å². The van der Waals surface area contributed by atoms with Crippen LogP contribution in [0.4, 0.5) is 17.6 Å². The summed E-state index contributed by atoms with van der Waals surface area (Å²) in [4.78, 5) is 0. The average Bonchev–Trinajstić information content (AvgIpc) is 2.18. The summed E-state index contributed by atoms with van der Waals surface area (Å²) in [6, 6.07) is 6.21. The van der Waals surface area contributed by atoms with E-state index in [4.69, 9.17) is 0 Å². The van der Waals surface area contributed by atoms with Crippen LogP contribution < -0.4 is 0 Å². The third kappa shape index (κ3) is 4.75. The fourth-order valence-electron chi connectivity index (χ4n) is 1.23. The lowest BCUT2D eigenvalue weighted by molar-refractivity contribution is -0.196. The van der Waals surface area contributed by atoms with Gasteiger partial charge in [0, 0.05) is 13.3 Å². The number of rotatable bonds is 3. The van der Waals surface area contributed by atoms with Crippen molar-refractivity contribution in [1.29, 1.82) is 0 Å². The Bertz CT molecular complexity index is 340. The molecule has 0 aromatic heterocycles. The Balaban J connectivity index is 0.00000121. The summed E-state index contributed by atoms with van der Waals surface area (Å²) in [5.74, 6) is -7.99. The number of alkyl halides is 4. The van der Waals surface area contributed by atoms with Crippen molar-refractivity contribution in [1.82, 2.24) is 0 Å². The molecule has 0 unspecified atom stereocenters. The second kappa shape index (κ2) is 6.03. The summed E-state index contributed by atoms with van der Waals surface area (Å²) in [5, 5.41) is 0. The van der Waals surface area contributed by atoms with Crippen molar-refractivity contribution in [2.24, 2.45) is 0 Å². The molecule has 98 valence electrons. The van der Waals surface area contributed by atoms with E-state index < -0.39 is 18.3 Å². The monoisotopic (exact) mass is 250 g/mol. The number of hydrogen-bond donors (Lipinski definition) is 0. The maximum atomic E-state index is 13.0. The molecule has 0 atom stereocenters. The molecule has 0 N–H and O–H groups in total. The van der Waals surface area contributed by atoms with Gasteiger partial charge in [-0.1, -0.05) is 43.7 Å². The van der Waals surface area contributed by atoms with E-state index in [1.807, 2.05) is 13.8 Å². The lowest BCUT2D eigenvalue weighted by Gasteiger charge is -2.23. The summed E-state index contributed by atoms with van der Waals surface area (Å²) >= 11 is 0. The first-order valence-electron chi connectivity index (χ1n) is 5.53. The van der Waals surface area contributed by atoms with Crippen molar-refractivity contribution in [2.45, 2.75) is 46.0 Å². The predicted molar refractivity (Wildman–Crippen MR) is 61.8 cm³/mol. The Morgan fingerprint density at radius 3 is 2.00 bits per heavy atom. The van der Waals surface area contributed by atoms with Gasteiger partial charge >= 0.3 is 11.8 Å². The van der Waals surface area contributed by atoms with Crippen LogP contribution in [0, 0.1) is 6.92 Å². The second-order valence-corrected chi connectivity index (χ2v) is 3.76. The van der Waals surface area contributed by atoms with Crippen molar-refractivity contribution < 1.29 is 17.6 Å². The second-order valence-electron chi connectivity index (χ2n) is 3.76. The Morgan fingerprint density at radius 1 is 1.06 bits per heavy atom. The van der Waals surface area contributed by atoms with Crippen LogP contribution in [-0.4, -0.2) is 11.8 Å². The minimum absolute atomic E-state index is 0.224. The van der Waals surface area contributed by atoms with Gasteiger partial charge in [0.25, 0.3) is 0 Å². The number of aryl methyl sites for hydroxylation is 1. The first-order chi connectivity index (χ1) is 7.72. The Labute approximate surface area is 99.7 Å². The smallest absolute Gasteiger partial charge is 0.200 e. The highest BCUT2D eigenvalue weighted by Gasteiger charge is 2.51. The van der Waals surface area contributed by atoms with E-state index in [0.717, 1.165) is 5.56 Å². The Morgan fingerprint density at radius 2 is 1.59 bits per heavy atom. The summed E-state index contributed by atoms with van der Waals surface area (Å²) in [6.07, 6.45) is -0.932. The van der Waals surface area contributed by atoms with Gasteiger partial charge < -0.3 is 0 Å². The van der Waals surface area contributed by atoms with Crippen LogP contribution in [0.3, 0.4) is 0 Å². The van der Waals surface area contributed by atoms with Crippen molar-refractivity contribution in [3.05, 3.63) is 35.4 Å².